The Labute approximate surface area is 147 Å². The van der Waals surface area contributed by atoms with Crippen LogP contribution in [0.1, 0.15) is 51.0 Å². The fourth-order valence-corrected chi connectivity index (χ4v) is 3.84. The largest absolute Gasteiger partial charge is 0.466 e. The van der Waals surface area contributed by atoms with Gasteiger partial charge in [0.2, 0.25) is 0 Å². The van der Waals surface area contributed by atoms with Crippen LogP contribution in [0.25, 0.3) is 10.9 Å². The highest BCUT2D eigenvalue weighted by molar-refractivity contribution is 5.82. The standard InChI is InChI=1S/C20H24FNO3/c1-3-25-19(23)13(2)20(24)9-6-14(7-10-20)16-8-11-22-18-5-4-15(21)12-17(16)18/h4-5,8,11-14,24H,3,6-7,9-10H2,1-2H3/t13?,14-,20+. The molecule has 25 heavy (non-hydrogen) atoms. The monoisotopic (exact) mass is 345 g/mol. The molecule has 1 N–H and O–H groups in total. The lowest BCUT2D eigenvalue weighted by Crippen LogP contribution is -2.44. The fourth-order valence-electron chi connectivity index (χ4n) is 3.84. The summed E-state index contributed by atoms with van der Waals surface area (Å²) >= 11 is 0. The molecule has 5 heteroatoms. The maximum absolute atomic E-state index is 13.7. The van der Waals surface area contributed by atoms with Gasteiger partial charge in [-0.2, -0.15) is 0 Å². The van der Waals surface area contributed by atoms with Crippen LogP contribution < -0.4 is 0 Å². The first kappa shape index (κ1) is 17.8. The van der Waals surface area contributed by atoms with E-state index >= 15 is 0 Å². The second kappa shape index (κ2) is 7.08. The first-order chi connectivity index (χ1) is 11.9. The van der Waals surface area contributed by atoms with Crippen LogP contribution in [0.3, 0.4) is 0 Å². The minimum Gasteiger partial charge on any atom is -0.466 e. The summed E-state index contributed by atoms with van der Waals surface area (Å²) in [6, 6.07) is 6.57. The number of fused-ring (bicyclic) bond motifs is 1. The van der Waals surface area contributed by atoms with Crippen molar-refractivity contribution in [3.63, 3.8) is 0 Å². The second-order valence-corrected chi connectivity index (χ2v) is 6.91. The zero-order chi connectivity index (χ0) is 18.0. The number of pyridine rings is 1. The molecule has 1 unspecified atom stereocenters. The highest BCUT2D eigenvalue weighted by Gasteiger charge is 2.42. The number of ether oxygens (including phenoxy) is 1. The Morgan fingerprint density at radius 1 is 1.40 bits per heavy atom. The van der Waals surface area contributed by atoms with E-state index in [4.69, 9.17) is 4.74 Å². The van der Waals surface area contributed by atoms with Gasteiger partial charge >= 0.3 is 5.97 Å². The van der Waals surface area contributed by atoms with Crippen molar-refractivity contribution in [2.45, 2.75) is 51.0 Å². The number of carbonyl (C=O) groups excluding carboxylic acids is 1. The van der Waals surface area contributed by atoms with Crippen LogP contribution >= 0.6 is 0 Å². The summed E-state index contributed by atoms with van der Waals surface area (Å²) in [5.74, 6) is -0.938. The normalized spacial score (nSPS) is 24.9. The highest BCUT2D eigenvalue weighted by Crippen LogP contribution is 2.43. The molecule has 0 bridgehead atoms. The smallest absolute Gasteiger partial charge is 0.311 e. The van der Waals surface area contributed by atoms with Gasteiger partial charge in [-0.25, -0.2) is 4.39 Å². The molecule has 1 saturated carbocycles. The predicted molar refractivity (Wildman–Crippen MR) is 93.7 cm³/mol. The number of halogens is 1. The van der Waals surface area contributed by atoms with Gasteiger partial charge in [0.15, 0.2) is 0 Å². The van der Waals surface area contributed by atoms with E-state index in [1.54, 1.807) is 26.1 Å². The molecule has 1 heterocycles. The Balaban J connectivity index is 1.79. The van der Waals surface area contributed by atoms with Gasteiger partial charge in [0.1, 0.15) is 5.82 Å². The minimum absolute atomic E-state index is 0.224. The number of aromatic nitrogens is 1. The average Bonchev–Trinajstić information content (AvgIpc) is 2.61. The summed E-state index contributed by atoms with van der Waals surface area (Å²) in [4.78, 5) is 16.3. The lowest BCUT2D eigenvalue weighted by Gasteiger charge is -2.39. The van der Waals surface area contributed by atoms with E-state index in [1.807, 2.05) is 6.07 Å². The van der Waals surface area contributed by atoms with Crippen molar-refractivity contribution in [3.8, 4) is 0 Å². The van der Waals surface area contributed by atoms with Gasteiger partial charge < -0.3 is 9.84 Å². The number of aliphatic hydroxyl groups is 1. The van der Waals surface area contributed by atoms with Crippen molar-refractivity contribution in [3.05, 3.63) is 41.8 Å². The van der Waals surface area contributed by atoms with Crippen LogP contribution in [0.2, 0.25) is 0 Å². The third-order valence-corrected chi connectivity index (χ3v) is 5.47. The Kier molecular flexibility index (Phi) is 5.04. The lowest BCUT2D eigenvalue weighted by molar-refractivity contribution is -0.159. The molecule has 1 aliphatic carbocycles. The van der Waals surface area contributed by atoms with Crippen LogP contribution in [0, 0.1) is 11.7 Å². The summed E-state index contributed by atoms with van der Waals surface area (Å²) in [7, 11) is 0. The maximum Gasteiger partial charge on any atom is 0.311 e. The quantitative estimate of drug-likeness (QED) is 0.852. The number of carbonyl (C=O) groups is 1. The zero-order valence-electron chi connectivity index (χ0n) is 14.7. The topological polar surface area (TPSA) is 59.4 Å². The van der Waals surface area contributed by atoms with Crippen LogP contribution in [0.5, 0.6) is 0 Å². The molecule has 1 fully saturated rings. The van der Waals surface area contributed by atoms with E-state index in [0.717, 1.165) is 29.3 Å². The van der Waals surface area contributed by atoms with E-state index < -0.39 is 11.5 Å². The molecule has 0 radical (unpaired) electrons. The molecule has 1 atom stereocenters. The number of rotatable bonds is 4. The second-order valence-electron chi connectivity index (χ2n) is 6.91. The molecule has 0 spiro atoms. The maximum atomic E-state index is 13.7. The van der Waals surface area contributed by atoms with Gasteiger partial charge in [0, 0.05) is 11.6 Å². The Morgan fingerprint density at radius 3 is 2.80 bits per heavy atom. The van der Waals surface area contributed by atoms with Gasteiger partial charge in [-0.15, -0.1) is 0 Å². The van der Waals surface area contributed by atoms with Crippen molar-refractivity contribution in [2.75, 3.05) is 6.61 Å². The summed E-state index contributed by atoms with van der Waals surface area (Å²) in [6.45, 7) is 3.81. The van der Waals surface area contributed by atoms with E-state index in [0.29, 0.717) is 19.4 Å². The summed E-state index contributed by atoms with van der Waals surface area (Å²) in [6.07, 6.45) is 4.29. The first-order valence-electron chi connectivity index (χ1n) is 8.88. The van der Waals surface area contributed by atoms with Gasteiger partial charge in [0.05, 0.1) is 23.6 Å². The number of benzene rings is 1. The Bertz CT molecular complexity index is 769. The third-order valence-electron chi connectivity index (χ3n) is 5.47. The molecule has 0 saturated heterocycles. The van der Waals surface area contributed by atoms with Crippen LogP contribution in [0.15, 0.2) is 30.5 Å². The van der Waals surface area contributed by atoms with Crippen molar-refractivity contribution in [1.82, 2.24) is 4.98 Å². The predicted octanol–water partition coefficient (Wildman–Crippen LogP) is 3.96. The molecule has 1 aromatic carbocycles. The number of nitrogens with zero attached hydrogens (tertiary/aromatic N) is 1. The van der Waals surface area contributed by atoms with Crippen molar-refractivity contribution in [1.29, 1.82) is 0 Å². The Hall–Kier alpha value is -2.01. The van der Waals surface area contributed by atoms with E-state index in [1.165, 1.54) is 12.1 Å². The molecule has 3 rings (SSSR count). The summed E-state index contributed by atoms with van der Waals surface area (Å²) in [5.41, 5.74) is 0.812. The van der Waals surface area contributed by atoms with E-state index in [9.17, 15) is 14.3 Å². The van der Waals surface area contributed by atoms with Crippen molar-refractivity contribution < 1.29 is 19.0 Å². The highest BCUT2D eigenvalue weighted by atomic mass is 19.1. The van der Waals surface area contributed by atoms with Crippen LogP contribution in [-0.4, -0.2) is 28.3 Å². The van der Waals surface area contributed by atoms with Gasteiger partial charge in [-0.1, -0.05) is 0 Å². The van der Waals surface area contributed by atoms with E-state index in [-0.39, 0.29) is 17.7 Å². The molecule has 4 nitrogen and oxygen atoms in total. The minimum atomic E-state index is -1.03. The summed E-state index contributed by atoms with van der Waals surface area (Å²) < 4.78 is 18.7. The Morgan fingerprint density at radius 2 is 2.12 bits per heavy atom. The molecule has 2 aromatic rings. The fraction of sp³-hybridized carbons (Fsp3) is 0.500. The molecule has 0 aliphatic heterocycles. The van der Waals surface area contributed by atoms with Gasteiger partial charge in [-0.05, 0) is 75.3 Å². The summed E-state index contributed by atoms with van der Waals surface area (Å²) in [5, 5.41) is 11.7. The number of hydrogen-bond acceptors (Lipinski definition) is 4. The molecule has 0 amide bonds. The van der Waals surface area contributed by atoms with Crippen LogP contribution in [0.4, 0.5) is 4.39 Å². The average molecular weight is 345 g/mol. The first-order valence-corrected chi connectivity index (χ1v) is 8.88. The van der Waals surface area contributed by atoms with Gasteiger partial charge in [0.25, 0.3) is 0 Å². The molecule has 1 aromatic heterocycles. The molecular weight excluding hydrogens is 321 g/mol. The van der Waals surface area contributed by atoms with Crippen LogP contribution in [-0.2, 0) is 9.53 Å². The SMILES string of the molecule is CCOC(=O)C(C)[C@]1(O)CC[C@@H](c2ccnc3ccc(F)cc32)CC1. The molecule has 134 valence electrons. The lowest BCUT2D eigenvalue weighted by atomic mass is 9.70. The van der Waals surface area contributed by atoms with Crippen molar-refractivity contribution in [2.24, 2.45) is 5.92 Å². The number of hydrogen-bond donors (Lipinski definition) is 1. The van der Waals surface area contributed by atoms with E-state index in [2.05, 4.69) is 4.98 Å². The third kappa shape index (κ3) is 3.52. The van der Waals surface area contributed by atoms with Crippen molar-refractivity contribution >= 4 is 16.9 Å². The zero-order valence-corrected chi connectivity index (χ0v) is 14.7. The molecular formula is C20H24FNO3. The van der Waals surface area contributed by atoms with Gasteiger partial charge in [-0.3, -0.25) is 9.78 Å². The molecule has 1 aliphatic rings. The number of esters is 1.